The quantitative estimate of drug-likeness (QED) is 0.208. The molecule has 8 N–H and O–H groups in total. The standard InChI is InChI=1S/C14H26N4O7/c1-6(2)10(15)13(23)17-8(4-19)12(22)16-7(3)11(21)18-9(5-20)14(24)25/h6-10,19-20H,4-5,15H2,1-3H3,(H,16,22)(H,17,23)(H,18,21)(H,24,25). The van der Waals surface area contributed by atoms with E-state index in [1.54, 1.807) is 13.8 Å². The van der Waals surface area contributed by atoms with Gasteiger partial charge in [0, 0.05) is 0 Å². The predicted molar refractivity (Wildman–Crippen MR) is 86.1 cm³/mol. The number of carboxylic acid groups (broad SMARTS) is 1. The predicted octanol–water partition coefficient (Wildman–Crippen LogP) is -3.49. The van der Waals surface area contributed by atoms with Gasteiger partial charge in [-0.2, -0.15) is 0 Å². The number of nitrogens with two attached hydrogens (primary N) is 1. The molecule has 4 unspecified atom stereocenters. The molecule has 0 fully saturated rings. The molecule has 0 spiro atoms. The van der Waals surface area contributed by atoms with E-state index in [-0.39, 0.29) is 5.92 Å². The number of carbonyl (C=O) groups excluding carboxylic acids is 3. The summed E-state index contributed by atoms with van der Waals surface area (Å²) >= 11 is 0. The lowest BCUT2D eigenvalue weighted by atomic mass is 10.0. The van der Waals surface area contributed by atoms with Crippen molar-refractivity contribution in [3.63, 3.8) is 0 Å². The molecule has 144 valence electrons. The minimum absolute atomic E-state index is 0.182. The molecule has 0 heterocycles. The van der Waals surface area contributed by atoms with Crippen LogP contribution in [0.25, 0.3) is 0 Å². The van der Waals surface area contributed by atoms with Crippen molar-refractivity contribution in [2.45, 2.75) is 44.9 Å². The van der Waals surface area contributed by atoms with E-state index in [1.165, 1.54) is 6.92 Å². The van der Waals surface area contributed by atoms with Crippen molar-refractivity contribution in [2.24, 2.45) is 11.7 Å². The summed E-state index contributed by atoms with van der Waals surface area (Å²) in [6.45, 7) is 3.17. The Morgan fingerprint density at radius 1 is 0.840 bits per heavy atom. The van der Waals surface area contributed by atoms with Crippen LogP contribution in [0.2, 0.25) is 0 Å². The van der Waals surface area contributed by atoms with Gasteiger partial charge in [0.15, 0.2) is 0 Å². The third-order valence-electron chi connectivity index (χ3n) is 3.39. The molecule has 0 aromatic heterocycles. The van der Waals surface area contributed by atoms with Gasteiger partial charge in [0.05, 0.1) is 19.3 Å². The van der Waals surface area contributed by atoms with Gasteiger partial charge < -0.3 is 37.0 Å². The Morgan fingerprint density at radius 2 is 1.32 bits per heavy atom. The average Bonchev–Trinajstić information content (AvgIpc) is 2.55. The van der Waals surface area contributed by atoms with Crippen LogP contribution in [0.1, 0.15) is 20.8 Å². The van der Waals surface area contributed by atoms with E-state index in [0.717, 1.165) is 0 Å². The van der Waals surface area contributed by atoms with E-state index in [4.69, 9.17) is 15.9 Å². The van der Waals surface area contributed by atoms with Crippen LogP contribution in [-0.2, 0) is 19.2 Å². The van der Waals surface area contributed by atoms with Crippen molar-refractivity contribution in [2.75, 3.05) is 13.2 Å². The summed E-state index contributed by atoms with van der Waals surface area (Å²) in [6, 6.07) is -4.86. The number of nitrogens with one attached hydrogen (secondary N) is 3. The topological polar surface area (TPSA) is 191 Å². The van der Waals surface area contributed by atoms with Gasteiger partial charge in [-0.05, 0) is 12.8 Å². The molecular formula is C14H26N4O7. The maximum atomic E-state index is 12.0. The molecule has 11 heteroatoms. The molecule has 0 aliphatic carbocycles. The first-order chi connectivity index (χ1) is 11.5. The van der Waals surface area contributed by atoms with Crippen LogP contribution < -0.4 is 21.7 Å². The number of amides is 3. The Morgan fingerprint density at radius 3 is 1.72 bits per heavy atom. The monoisotopic (exact) mass is 362 g/mol. The van der Waals surface area contributed by atoms with E-state index in [2.05, 4.69) is 10.6 Å². The molecular weight excluding hydrogens is 336 g/mol. The Kier molecular flexibility index (Phi) is 9.64. The molecule has 3 amide bonds. The molecule has 0 rings (SSSR count). The Bertz CT molecular complexity index is 498. The Hall–Kier alpha value is -2.24. The van der Waals surface area contributed by atoms with Crippen molar-refractivity contribution in [1.29, 1.82) is 0 Å². The zero-order chi connectivity index (χ0) is 19.7. The zero-order valence-electron chi connectivity index (χ0n) is 14.4. The first kappa shape index (κ1) is 22.8. The number of aliphatic carboxylic acids is 1. The second-order valence-electron chi connectivity index (χ2n) is 5.83. The van der Waals surface area contributed by atoms with E-state index in [1.807, 2.05) is 5.32 Å². The molecule has 0 aliphatic heterocycles. The van der Waals surface area contributed by atoms with Crippen LogP contribution in [0.15, 0.2) is 0 Å². The lowest BCUT2D eigenvalue weighted by Gasteiger charge is -2.22. The number of carboxylic acids is 1. The van der Waals surface area contributed by atoms with Crippen LogP contribution in [0.4, 0.5) is 0 Å². The van der Waals surface area contributed by atoms with Crippen LogP contribution in [-0.4, -0.2) is 76.4 Å². The number of aliphatic hydroxyl groups excluding tert-OH is 2. The van der Waals surface area contributed by atoms with Crippen LogP contribution >= 0.6 is 0 Å². The van der Waals surface area contributed by atoms with E-state index in [0.29, 0.717) is 0 Å². The fourth-order valence-electron chi connectivity index (χ4n) is 1.63. The van der Waals surface area contributed by atoms with Crippen molar-refractivity contribution in [3.05, 3.63) is 0 Å². The second-order valence-corrected chi connectivity index (χ2v) is 5.83. The van der Waals surface area contributed by atoms with Gasteiger partial charge in [-0.15, -0.1) is 0 Å². The van der Waals surface area contributed by atoms with Gasteiger partial charge >= 0.3 is 5.97 Å². The SMILES string of the molecule is CC(NC(=O)C(CO)NC(=O)C(N)C(C)C)C(=O)NC(CO)C(=O)O. The molecule has 0 radical (unpaired) electrons. The number of hydrogen-bond donors (Lipinski definition) is 7. The number of carbonyl (C=O) groups is 4. The first-order valence-electron chi connectivity index (χ1n) is 7.66. The molecule has 11 nitrogen and oxygen atoms in total. The van der Waals surface area contributed by atoms with Crippen molar-refractivity contribution in [1.82, 2.24) is 16.0 Å². The number of rotatable bonds is 10. The molecule has 25 heavy (non-hydrogen) atoms. The largest absolute Gasteiger partial charge is 0.480 e. The van der Waals surface area contributed by atoms with Crippen molar-refractivity contribution >= 4 is 23.7 Å². The van der Waals surface area contributed by atoms with Gasteiger partial charge in [0.1, 0.15) is 18.1 Å². The fraction of sp³-hybridized carbons (Fsp3) is 0.714. The highest BCUT2D eigenvalue weighted by Gasteiger charge is 2.28. The van der Waals surface area contributed by atoms with Gasteiger partial charge in [-0.25, -0.2) is 4.79 Å². The minimum atomic E-state index is -1.51. The van der Waals surface area contributed by atoms with Gasteiger partial charge in [0.25, 0.3) is 0 Å². The first-order valence-corrected chi connectivity index (χ1v) is 7.66. The van der Waals surface area contributed by atoms with Crippen LogP contribution in [0.3, 0.4) is 0 Å². The highest BCUT2D eigenvalue weighted by molar-refractivity contribution is 5.94. The number of aliphatic hydroxyl groups is 2. The lowest BCUT2D eigenvalue weighted by Crippen LogP contribution is -2.58. The smallest absolute Gasteiger partial charge is 0.328 e. The van der Waals surface area contributed by atoms with Crippen LogP contribution in [0.5, 0.6) is 0 Å². The average molecular weight is 362 g/mol. The summed E-state index contributed by atoms with van der Waals surface area (Å²) in [5.41, 5.74) is 5.64. The summed E-state index contributed by atoms with van der Waals surface area (Å²) in [5.74, 6) is -3.94. The summed E-state index contributed by atoms with van der Waals surface area (Å²) in [5, 5.41) is 33.4. The maximum absolute atomic E-state index is 12.0. The fourth-order valence-corrected chi connectivity index (χ4v) is 1.63. The third kappa shape index (κ3) is 7.45. The summed E-state index contributed by atoms with van der Waals surface area (Å²) in [4.78, 5) is 46.4. The molecule has 4 atom stereocenters. The van der Waals surface area contributed by atoms with Crippen molar-refractivity contribution in [3.8, 4) is 0 Å². The van der Waals surface area contributed by atoms with E-state index in [9.17, 15) is 24.3 Å². The van der Waals surface area contributed by atoms with Crippen molar-refractivity contribution < 1.29 is 34.5 Å². The molecule has 0 saturated heterocycles. The zero-order valence-corrected chi connectivity index (χ0v) is 14.4. The molecule has 0 aliphatic rings. The molecule has 0 aromatic rings. The highest BCUT2D eigenvalue weighted by Crippen LogP contribution is 1.99. The van der Waals surface area contributed by atoms with E-state index >= 15 is 0 Å². The molecule has 0 aromatic carbocycles. The lowest BCUT2D eigenvalue weighted by molar-refractivity contribution is -0.143. The third-order valence-corrected chi connectivity index (χ3v) is 3.39. The summed E-state index contributed by atoms with van der Waals surface area (Å²) < 4.78 is 0. The van der Waals surface area contributed by atoms with Gasteiger partial charge in [-0.1, -0.05) is 13.8 Å². The minimum Gasteiger partial charge on any atom is -0.480 e. The molecule has 0 bridgehead atoms. The van der Waals surface area contributed by atoms with Gasteiger partial charge in [-0.3, -0.25) is 14.4 Å². The normalized spacial score (nSPS) is 15.6. The van der Waals surface area contributed by atoms with Crippen LogP contribution in [0, 0.1) is 5.92 Å². The highest BCUT2D eigenvalue weighted by atomic mass is 16.4. The molecule has 0 saturated carbocycles. The van der Waals surface area contributed by atoms with Gasteiger partial charge in [0.2, 0.25) is 17.7 Å². The second kappa shape index (κ2) is 10.6. The number of hydrogen-bond acceptors (Lipinski definition) is 7. The Balaban J connectivity index is 4.73. The maximum Gasteiger partial charge on any atom is 0.328 e. The Labute approximate surface area is 145 Å². The summed E-state index contributed by atoms with van der Waals surface area (Å²) in [6.07, 6.45) is 0. The summed E-state index contributed by atoms with van der Waals surface area (Å²) in [7, 11) is 0. The van der Waals surface area contributed by atoms with E-state index < -0.39 is 61.1 Å².